The van der Waals surface area contributed by atoms with Gasteiger partial charge < -0.3 is 14.6 Å². The third-order valence-corrected chi connectivity index (χ3v) is 7.10. The summed E-state index contributed by atoms with van der Waals surface area (Å²) in [5.41, 5.74) is -0.280. The molecular weight excluding hydrogens is 557 g/mol. The summed E-state index contributed by atoms with van der Waals surface area (Å²) in [5.74, 6) is -4.83. The van der Waals surface area contributed by atoms with Crippen LogP contribution in [0.4, 0.5) is 18.3 Å². The Bertz CT molecular complexity index is 1370. The number of benzene rings is 2. The number of rotatable bonds is 15. The fourth-order valence-electron chi connectivity index (χ4n) is 4.08. The van der Waals surface area contributed by atoms with Gasteiger partial charge in [0.05, 0.1) is 11.8 Å². The Morgan fingerprint density at radius 3 is 2.49 bits per heavy atom. The summed E-state index contributed by atoms with van der Waals surface area (Å²) in [4.78, 5) is 27.9. The molecule has 220 valence electrons. The number of halogens is 3. The number of ether oxygens (including phenoxy) is 2. The number of thiazole rings is 1. The number of amides is 1. The third kappa shape index (κ3) is 8.72. The topological polar surface area (TPSA) is 97.8 Å². The number of carbonyl (C=O) groups is 2. The first kappa shape index (κ1) is 32.0. The van der Waals surface area contributed by atoms with Gasteiger partial charge in [-0.25, -0.2) is 22.9 Å². The van der Waals surface area contributed by atoms with E-state index in [1.807, 2.05) is 0 Å². The first-order valence-electron chi connectivity index (χ1n) is 13.2. The number of carboxylic acids is 1. The van der Waals surface area contributed by atoms with E-state index in [-0.39, 0.29) is 27.5 Å². The van der Waals surface area contributed by atoms with E-state index in [2.05, 4.69) is 17.2 Å². The molecule has 3 rings (SSSR count). The fourth-order valence-corrected chi connectivity index (χ4v) is 4.78. The van der Waals surface area contributed by atoms with Crippen LogP contribution in [0.3, 0.4) is 0 Å². The molecule has 1 unspecified atom stereocenters. The minimum absolute atomic E-state index is 0.102. The highest BCUT2D eigenvalue weighted by atomic mass is 32.1. The van der Waals surface area contributed by atoms with Crippen LogP contribution < -0.4 is 5.32 Å². The van der Waals surface area contributed by atoms with Gasteiger partial charge in [-0.2, -0.15) is 0 Å². The number of aliphatic carboxylic acids is 1. The Kier molecular flexibility index (Phi) is 12.1. The van der Waals surface area contributed by atoms with Crippen LogP contribution in [0.5, 0.6) is 0 Å². The van der Waals surface area contributed by atoms with Crippen molar-refractivity contribution in [1.82, 2.24) is 4.98 Å². The molecule has 0 aliphatic carbocycles. The SMILES string of the molecule is CCCCCOCCCC(OC)c1cccc(-c2csc(NC(=O)c3cc(F)c(/C=C(\C)C(=O)O)c(F)c3)n2)c1F. The summed E-state index contributed by atoms with van der Waals surface area (Å²) in [7, 11) is 1.52. The average Bonchev–Trinajstić information content (AvgIpc) is 3.40. The van der Waals surface area contributed by atoms with E-state index in [1.165, 1.54) is 14.0 Å². The molecule has 0 spiro atoms. The molecule has 0 aliphatic heterocycles. The number of hydrogen-bond acceptors (Lipinski definition) is 6. The number of nitrogens with zero attached hydrogens (tertiary/aromatic N) is 1. The third-order valence-electron chi connectivity index (χ3n) is 6.35. The predicted octanol–water partition coefficient (Wildman–Crippen LogP) is 7.64. The van der Waals surface area contributed by atoms with Crippen molar-refractivity contribution >= 4 is 34.4 Å². The minimum Gasteiger partial charge on any atom is -0.478 e. The second kappa shape index (κ2) is 15.5. The number of unbranched alkanes of at least 4 members (excludes halogenated alkanes) is 2. The van der Waals surface area contributed by atoms with Gasteiger partial charge in [-0.05, 0) is 50.5 Å². The maximum absolute atomic E-state index is 15.6. The second-order valence-electron chi connectivity index (χ2n) is 9.37. The lowest BCUT2D eigenvalue weighted by molar-refractivity contribution is -0.132. The van der Waals surface area contributed by atoms with Crippen LogP contribution in [0, 0.1) is 17.5 Å². The zero-order valence-corrected chi connectivity index (χ0v) is 24.0. The normalized spacial score (nSPS) is 12.4. The van der Waals surface area contributed by atoms with Gasteiger partial charge in [-0.15, -0.1) is 11.3 Å². The van der Waals surface area contributed by atoms with Crippen LogP contribution >= 0.6 is 11.3 Å². The number of hydrogen-bond donors (Lipinski definition) is 2. The van der Waals surface area contributed by atoms with Crippen LogP contribution in [-0.2, 0) is 14.3 Å². The summed E-state index contributed by atoms with van der Waals surface area (Å²) < 4.78 is 55.7. The van der Waals surface area contributed by atoms with Crippen molar-refractivity contribution in [3.8, 4) is 11.3 Å². The summed E-state index contributed by atoms with van der Waals surface area (Å²) in [5, 5.41) is 13.1. The van der Waals surface area contributed by atoms with E-state index < -0.39 is 41.0 Å². The Morgan fingerprint density at radius 2 is 1.83 bits per heavy atom. The molecule has 41 heavy (non-hydrogen) atoms. The van der Waals surface area contributed by atoms with E-state index in [0.29, 0.717) is 31.6 Å². The first-order valence-corrected chi connectivity index (χ1v) is 14.1. The van der Waals surface area contributed by atoms with Gasteiger partial charge in [0.25, 0.3) is 5.91 Å². The van der Waals surface area contributed by atoms with Gasteiger partial charge in [-0.3, -0.25) is 10.1 Å². The van der Waals surface area contributed by atoms with E-state index in [0.717, 1.165) is 48.8 Å². The van der Waals surface area contributed by atoms with Gasteiger partial charge in [0.1, 0.15) is 17.5 Å². The molecule has 0 saturated heterocycles. The minimum atomic E-state index is -1.33. The molecule has 1 aromatic heterocycles. The van der Waals surface area contributed by atoms with Crippen LogP contribution in [0.1, 0.15) is 73.5 Å². The highest BCUT2D eigenvalue weighted by Crippen LogP contribution is 2.33. The average molecular weight is 591 g/mol. The van der Waals surface area contributed by atoms with Crippen molar-refractivity contribution in [1.29, 1.82) is 0 Å². The summed E-state index contributed by atoms with van der Waals surface area (Å²) in [6.45, 7) is 4.60. The number of anilines is 1. The summed E-state index contributed by atoms with van der Waals surface area (Å²) in [6.07, 6.45) is 4.91. The van der Waals surface area contributed by atoms with E-state index in [9.17, 15) is 18.4 Å². The Hall–Kier alpha value is -3.54. The zero-order valence-electron chi connectivity index (χ0n) is 23.1. The van der Waals surface area contributed by atoms with Gasteiger partial charge in [0.2, 0.25) is 0 Å². The first-order chi connectivity index (χ1) is 19.7. The van der Waals surface area contributed by atoms with Crippen LogP contribution in [-0.4, -0.2) is 42.3 Å². The van der Waals surface area contributed by atoms with Gasteiger partial charge >= 0.3 is 5.97 Å². The number of nitrogens with one attached hydrogen (secondary N) is 1. The second-order valence-corrected chi connectivity index (χ2v) is 10.2. The quantitative estimate of drug-likeness (QED) is 0.139. The zero-order chi connectivity index (χ0) is 29.9. The Labute approximate surface area is 241 Å². The molecule has 1 amide bonds. The molecule has 1 atom stereocenters. The Morgan fingerprint density at radius 1 is 1.12 bits per heavy atom. The Balaban J connectivity index is 1.70. The molecule has 0 fully saturated rings. The van der Waals surface area contributed by atoms with Crippen molar-refractivity contribution in [3.05, 3.63) is 75.4 Å². The predicted molar refractivity (Wildman–Crippen MR) is 152 cm³/mol. The van der Waals surface area contributed by atoms with E-state index in [1.54, 1.807) is 23.6 Å². The van der Waals surface area contributed by atoms with Gasteiger partial charge in [0.15, 0.2) is 5.13 Å². The molecule has 11 heteroatoms. The molecule has 0 aliphatic rings. The lowest BCUT2D eigenvalue weighted by Crippen LogP contribution is -2.13. The van der Waals surface area contributed by atoms with Crippen molar-refractivity contribution in [2.45, 2.75) is 52.1 Å². The largest absolute Gasteiger partial charge is 0.478 e. The summed E-state index contributed by atoms with van der Waals surface area (Å²) in [6, 6.07) is 6.53. The summed E-state index contributed by atoms with van der Waals surface area (Å²) >= 11 is 1.02. The van der Waals surface area contributed by atoms with Crippen molar-refractivity contribution in [2.75, 3.05) is 25.6 Å². The van der Waals surface area contributed by atoms with E-state index in [4.69, 9.17) is 14.6 Å². The van der Waals surface area contributed by atoms with Crippen molar-refractivity contribution in [3.63, 3.8) is 0 Å². The van der Waals surface area contributed by atoms with Crippen molar-refractivity contribution < 1.29 is 37.3 Å². The van der Waals surface area contributed by atoms with Gasteiger partial charge in [-0.1, -0.05) is 31.9 Å². The molecule has 0 saturated carbocycles. The highest BCUT2D eigenvalue weighted by molar-refractivity contribution is 7.14. The molecule has 0 radical (unpaired) electrons. The van der Waals surface area contributed by atoms with Gasteiger partial charge in [0, 0.05) is 53.5 Å². The molecular formula is C30H33F3N2O5S. The van der Waals surface area contributed by atoms with E-state index >= 15 is 4.39 Å². The van der Waals surface area contributed by atoms with Crippen molar-refractivity contribution in [2.24, 2.45) is 0 Å². The molecule has 7 nitrogen and oxygen atoms in total. The maximum atomic E-state index is 15.6. The molecule has 0 bridgehead atoms. The highest BCUT2D eigenvalue weighted by Gasteiger charge is 2.21. The number of carboxylic acid groups (broad SMARTS) is 1. The molecule has 1 heterocycles. The monoisotopic (exact) mass is 590 g/mol. The number of carbonyl (C=O) groups excluding carboxylic acids is 1. The standard InChI is InChI=1S/C30H33F3N2O5S/c1-4-5-6-12-40-13-8-11-26(39-3)21-10-7-9-20(27(21)33)25-17-41-30(34-25)35-28(36)19-15-23(31)22(24(32)16-19)14-18(2)29(37)38/h7,9-10,14-17,26H,4-6,8,11-13H2,1-3H3,(H,37,38)(H,34,35,36)/b18-14+. The molecule has 2 N–H and O–H groups in total. The van der Waals surface area contributed by atoms with Crippen LogP contribution in [0.25, 0.3) is 17.3 Å². The fraction of sp³-hybridized carbons (Fsp3) is 0.367. The molecule has 3 aromatic rings. The number of aromatic nitrogens is 1. The maximum Gasteiger partial charge on any atom is 0.331 e. The van der Waals surface area contributed by atoms with Crippen LogP contribution in [0.2, 0.25) is 0 Å². The van der Waals surface area contributed by atoms with Crippen LogP contribution in [0.15, 0.2) is 41.3 Å². The molecule has 2 aromatic carbocycles. The number of methoxy groups -OCH3 is 1. The lowest BCUT2D eigenvalue weighted by atomic mass is 10.00. The smallest absolute Gasteiger partial charge is 0.331 e. The lowest BCUT2D eigenvalue weighted by Gasteiger charge is -2.17.